The first kappa shape index (κ1) is 14.1. The van der Waals surface area contributed by atoms with E-state index in [1.807, 2.05) is 11.7 Å². The van der Waals surface area contributed by atoms with Crippen LogP contribution in [0.5, 0.6) is 0 Å². The van der Waals surface area contributed by atoms with E-state index in [9.17, 15) is 0 Å². The van der Waals surface area contributed by atoms with Crippen molar-refractivity contribution in [1.29, 1.82) is 0 Å². The number of anilines is 1. The first-order valence-electron chi connectivity index (χ1n) is 6.43. The fourth-order valence-electron chi connectivity index (χ4n) is 2.47. The van der Waals surface area contributed by atoms with Crippen molar-refractivity contribution in [3.63, 3.8) is 0 Å². The van der Waals surface area contributed by atoms with E-state index in [1.54, 1.807) is 0 Å². The summed E-state index contributed by atoms with van der Waals surface area (Å²) in [7, 11) is 1.99. The molecule has 0 aliphatic rings. The molecule has 4 heteroatoms. The molecule has 0 amide bonds. The molecule has 0 radical (unpaired) electrons. The van der Waals surface area contributed by atoms with Gasteiger partial charge in [-0.05, 0) is 45.4 Å². The third-order valence-corrected chi connectivity index (χ3v) is 4.06. The van der Waals surface area contributed by atoms with E-state index < -0.39 is 0 Å². The monoisotopic (exact) mass is 321 g/mol. The predicted molar refractivity (Wildman–Crippen MR) is 83.6 cm³/mol. The molecule has 1 aromatic heterocycles. The fourth-order valence-corrected chi connectivity index (χ4v) is 2.83. The maximum atomic E-state index is 4.48. The predicted octanol–water partition coefficient (Wildman–Crippen LogP) is 4.28. The number of benzene rings is 1. The Hall–Kier alpha value is -1.29. The molecule has 1 heterocycles. The van der Waals surface area contributed by atoms with Gasteiger partial charge in [0, 0.05) is 28.5 Å². The Balaban J connectivity index is 2.30. The summed E-state index contributed by atoms with van der Waals surface area (Å²) in [5.41, 5.74) is 5.98. The molecule has 2 rings (SSSR count). The minimum absolute atomic E-state index is 0.238. The van der Waals surface area contributed by atoms with Crippen LogP contribution >= 0.6 is 15.9 Å². The van der Waals surface area contributed by atoms with Gasteiger partial charge in [-0.15, -0.1) is 0 Å². The van der Waals surface area contributed by atoms with Crippen molar-refractivity contribution in [3.05, 3.63) is 45.2 Å². The molecule has 0 saturated heterocycles. The van der Waals surface area contributed by atoms with Crippen molar-refractivity contribution in [3.8, 4) is 0 Å². The lowest BCUT2D eigenvalue weighted by atomic mass is 10.1. The molecule has 2 aromatic rings. The average molecular weight is 322 g/mol. The second kappa shape index (κ2) is 5.37. The number of aryl methyl sites for hydroxylation is 3. The van der Waals surface area contributed by atoms with Crippen LogP contribution in [-0.2, 0) is 7.05 Å². The van der Waals surface area contributed by atoms with E-state index in [0.717, 1.165) is 15.9 Å². The maximum Gasteiger partial charge on any atom is 0.0649 e. The molecular weight excluding hydrogens is 302 g/mol. The van der Waals surface area contributed by atoms with Crippen LogP contribution in [0.25, 0.3) is 0 Å². The van der Waals surface area contributed by atoms with Gasteiger partial charge in [0.25, 0.3) is 0 Å². The zero-order valence-corrected chi connectivity index (χ0v) is 13.7. The van der Waals surface area contributed by atoms with Gasteiger partial charge in [0.1, 0.15) is 0 Å². The Morgan fingerprint density at radius 2 is 1.95 bits per heavy atom. The van der Waals surface area contributed by atoms with Crippen molar-refractivity contribution >= 4 is 21.6 Å². The third-order valence-electron chi connectivity index (χ3n) is 3.57. The molecule has 0 aliphatic carbocycles. The summed E-state index contributed by atoms with van der Waals surface area (Å²) in [5, 5.41) is 8.06. The zero-order valence-electron chi connectivity index (χ0n) is 12.1. The number of nitrogens with zero attached hydrogens (tertiary/aromatic N) is 2. The van der Waals surface area contributed by atoms with Crippen LogP contribution < -0.4 is 5.32 Å². The summed E-state index contributed by atoms with van der Waals surface area (Å²) in [6.07, 6.45) is 0. The average Bonchev–Trinajstić information content (AvgIpc) is 2.58. The van der Waals surface area contributed by atoms with Crippen LogP contribution in [0.15, 0.2) is 22.7 Å². The van der Waals surface area contributed by atoms with Gasteiger partial charge in [-0.1, -0.05) is 22.0 Å². The largest absolute Gasteiger partial charge is 0.378 e. The number of hydrogen-bond acceptors (Lipinski definition) is 2. The highest BCUT2D eigenvalue weighted by atomic mass is 79.9. The smallest absolute Gasteiger partial charge is 0.0649 e. The van der Waals surface area contributed by atoms with E-state index in [4.69, 9.17) is 0 Å². The normalized spacial score (nSPS) is 12.5. The molecule has 0 aliphatic heterocycles. The van der Waals surface area contributed by atoms with Crippen LogP contribution in [0.3, 0.4) is 0 Å². The molecule has 1 atom stereocenters. The summed E-state index contributed by atoms with van der Waals surface area (Å²) in [6.45, 7) is 8.47. The Labute approximate surface area is 123 Å². The van der Waals surface area contributed by atoms with Crippen LogP contribution in [0.1, 0.15) is 35.5 Å². The van der Waals surface area contributed by atoms with Gasteiger partial charge >= 0.3 is 0 Å². The molecule has 3 nitrogen and oxygen atoms in total. The van der Waals surface area contributed by atoms with Crippen molar-refractivity contribution < 1.29 is 0 Å². The van der Waals surface area contributed by atoms with Crippen LogP contribution in [0.4, 0.5) is 5.69 Å². The molecule has 1 unspecified atom stereocenters. The van der Waals surface area contributed by atoms with Crippen LogP contribution in [0.2, 0.25) is 0 Å². The quantitative estimate of drug-likeness (QED) is 0.914. The number of nitrogens with one attached hydrogen (secondary N) is 1. The second-order valence-corrected chi connectivity index (χ2v) is 5.95. The minimum atomic E-state index is 0.238. The topological polar surface area (TPSA) is 29.9 Å². The molecule has 102 valence electrons. The van der Waals surface area contributed by atoms with Crippen molar-refractivity contribution in [2.75, 3.05) is 5.32 Å². The van der Waals surface area contributed by atoms with E-state index >= 15 is 0 Å². The first-order chi connectivity index (χ1) is 8.90. The van der Waals surface area contributed by atoms with Crippen molar-refractivity contribution in [1.82, 2.24) is 9.78 Å². The highest BCUT2D eigenvalue weighted by molar-refractivity contribution is 9.10. The molecule has 1 N–H and O–H groups in total. The highest BCUT2D eigenvalue weighted by Gasteiger charge is 2.16. The Morgan fingerprint density at radius 1 is 1.26 bits per heavy atom. The number of rotatable bonds is 3. The lowest BCUT2D eigenvalue weighted by Gasteiger charge is -2.18. The zero-order chi connectivity index (χ0) is 14.2. The van der Waals surface area contributed by atoms with Crippen LogP contribution in [-0.4, -0.2) is 9.78 Å². The number of halogens is 1. The molecule has 1 aromatic carbocycles. The van der Waals surface area contributed by atoms with E-state index in [2.05, 4.69) is 72.2 Å². The first-order valence-corrected chi connectivity index (χ1v) is 7.22. The second-order valence-electron chi connectivity index (χ2n) is 5.03. The highest BCUT2D eigenvalue weighted by Crippen LogP contribution is 2.28. The summed E-state index contributed by atoms with van der Waals surface area (Å²) >= 11 is 3.52. The fraction of sp³-hybridized carbons (Fsp3) is 0.400. The van der Waals surface area contributed by atoms with E-state index in [1.165, 1.54) is 16.8 Å². The molecule has 0 fully saturated rings. The van der Waals surface area contributed by atoms with Crippen molar-refractivity contribution in [2.24, 2.45) is 7.05 Å². The minimum Gasteiger partial charge on any atom is -0.378 e. The molecular formula is C15H20BrN3. The van der Waals surface area contributed by atoms with E-state index in [0.29, 0.717) is 0 Å². The summed E-state index contributed by atoms with van der Waals surface area (Å²) in [5.74, 6) is 0. The van der Waals surface area contributed by atoms with Gasteiger partial charge in [-0.25, -0.2) is 0 Å². The van der Waals surface area contributed by atoms with Gasteiger partial charge in [-0.2, -0.15) is 5.10 Å². The Bertz CT molecular complexity index is 602. The maximum absolute atomic E-state index is 4.48. The molecule has 0 bridgehead atoms. The molecule has 0 saturated carbocycles. The Kier molecular flexibility index (Phi) is 3.99. The van der Waals surface area contributed by atoms with Gasteiger partial charge in [-0.3, -0.25) is 4.68 Å². The number of hydrogen-bond donors (Lipinski definition) is 1. The SMILES string of the molecule is Cc1ccc(Br)cc1NC(C)c1c(C)nn(C)c1C. The molecule has 0 spiro atoms. The summed E-state index contributed by atoms with van der Waals surface area (Å²) in [6, 6.07) is 6.53. The lowest BCUT2D eigenvalue weighted by Crippen LogP contribution is -2.10. The van der Waals surface area contributed by atoms with Crippen LogP contribution in [0, 0.1) is 20.8 Å². The lowest BCUT2D eigenvalue weighted by molar-refractivity contribution is 0.728. The van der Waals surface area contributed by atoms with Gasteiger partial charge in [0.2, 0.25) is 0 Å². The molecule has 19 heavy (non-hydrogen) atoms. The van der Waals surface area contributed by atoms with Gasteiger partial charge in [0.15, 0.2) is 0 Å². The Morgan fingerprint density at radius 3 is 2.53 bits per heavy atom. The van der Waals surface area contributed by atoms with Gasteiger partial charge < -0.3 is 5.32 Å². The van der Waals surface area contributed by atoms with Gasteiger partial charge in [0.05, 0.1) is 11.7 Å². The summed E-state index contributed by atoms with van der Waals surface area (Å²) < 4.78 is 3.03. The standard InChI is InChI=1S/C15H20BrN3/c1-9-6-7-13(16)8-14(9)17-10(2)15-11(3)18-19(5)12(15)4/h6-8,10,17H,1-5H3. The third kappa shape index (κ3) is 2.84. The number of aromatic nitrogens is 2. The van der Waals surface area contributed by atoms with Crippen molar-refractivity contribution in [2.45, 2.75) is 33.7 Å². The summed E-state index contributed by atoms with van der Waals surface area (Å²) in [4.78, 5) is 0. The van der Waals surface area contributed by atoms with E-state index in [-0.39, 0.29) is 6.04 Å².